The minimum atomic E-state index is -4.47. The van der Waals surface area contributed by atoms with E-state index in [1.54, 1.807) is 0 Å². The van der Waals surface area contributed by atoms with Crippen molar-refractivity contribution in [3.05, 3.63) is 134 Å². The Balaban J connectivity index is 5.19. The average Bonchev–Trinajstić information content (AvgIpc) is 3.70. The lowest BCUT2D eigenvalue weighted by Gasteiger charge is -2.27. The molecule has 87 heavy (non-hydrogen) atoms. The summed E-state index contributed by atoms with van der Waals surface area (Å²) in [6.45, 7) is 6.85. The van der Waals surface area contributed by atoms with E-state index >= 15 is 0 Å². The molecule has 0 bridgehead atoms. The van der Waals surface area contributed by atoms with Crippen molar-refractivity contribution in [2.75, 3.05) is 40.9 Å². The summed E-state index contributed by atoms with van der Waals surface area (Å²) in [5, 5.41) is 3.06. The second kappa shape index (κ2) is 65.1. The summed E-state index contributed by atoms with van der Waals surface area (Å²) in [6, 6.07) is -0.873. The summed E-state index contributed by atoms with van der Waals surface area (Å²) in [5.74, 6) is -0.539. The Morgan fingerprint density at radius 2 is 0.736 bits per heavy atom. The fourth-order valence-corrected chi connectivity index (χ4v) is 10.4. The van der Waals surface area contributed by atoms with Crippen LogP contribution in [0.15, 0.2) is 134 Å². The number of unbranched alkanes of at least 4 members (excludes halogenated alkanes) is 27. The van der Waals surface area contributed by atoms with Crippen LogP contribution in [0.5, 0.6) is 0 Å². The van der Waals surface area contributed by atoms with Gasteiger partial charge in [-0.2, -0.15) is 0 Å². The molecule has 0 saturated heterocycles. The Kier molecular flexibility index (Phi) is 62.2. The van der Waals surface area contributed by atoms with Gasteiger partial charge in [-0.15, -0.1) is 0 Å². The maximum atomic E-state index is 13.6. The lowest BCUT2D eigenvalue weighted by Crippen LogP contribution is -2.47. The van der Waals surface area contributed by atoms with Crippen LogP contribution in [0.1, 0.15) is 290 Å². The molecule has 3 unspecified atom stereocenters. The summed E-state index contributed by atoms with van der Waals surface area (Å²) >= 11 is 0. The highest BCUT2D eigenvalue weighted by atomic mass is 31.2. The van der Waals surface area contributed by atoms with E-state index in [0.717, 1.165) is 148 Å². The van der Waals surface area contributed by atoms with E-state index in [2.05, 4.69) is 148 Å². The number of carbonyl (C=O) groups is 2. The third-order valence-electron chi connectivity index (χ3n) is 15.1. The molecule has 0 aromatic rings. The van der Waals surface area contributed by atoms with Gasteiger partial charge in [0, 0.05) is 12.8 Å². The smallest absolute Gasteiger partial charge is 0.456 e. The van der Waals surface area contributed by atoms with Crippen LogP contribution >= 0.6 is 7.82 Å². The van der Waals surface area contributed by atoms with E-state index in [9.17, 15) is 19.0 Å². The van der Waals surface area contributed by atoms with Gasteiger partial charge in [0.1, 0.15) is 19.3 Å². The molecule has 0 fully saturated rings. The highest BCUT2D eigenvalue weighted by Crippen LogP contribution is 2.43. The zero-order valence-corrected chi connectivity index (χ0v) is 57.9. The lowest BCUT2D eigenvalue weighted by atomic mass is 10.0. The number of hydrogen-bond acceptors (Lipinski definition) is 6. The van der Waals surface area contributed by atoms with Crippen molar-refractivity contribution in [1.82, 2.24) is 5.32 Å². The molecule has 0 spiro atoms. The first-order chi connectivity index (χ1) is 42.4. The molecular weight excluding hydrogens is 1100 g/mol. The van der Waals surface area contributed by atoms with Crippen LogP contribution in [0.25, 0.3) is 0 Å². The molecule has 0 rings (SSSR count). The Morgan fingerprint density at radius 1 is 0.414 bits per heavy atom. The minimum absolute atomic E-state index is 0.0280. The number of phosphoric ester groups is 1. The highest BCUT2D eigenvalue weighted by Gasteiger charge is 2.30. The number of nitrogens with zero attached hydrogens (tertiary/aromatic N) is 1. The number of nitrogens with one attached hydrogen (secondary N) is 1. The third kappa shape index (κ3) is 66.4. The van der Waals surface area contributed by atoms with Gasteiger partial charge in [0.2, 0.25) is 5.91 Å². The molecule has 0 heterocycles. The largest absolute Gasteiger partial charge is 0.472 e. The molecule has 1 amide bonds. The molecule has 0 aliphatic carbocycles. The van der Waals surface area contributed by atoms with Gasteiger partial charge in [0.15, 0.2) is 0 Å². The van der Waals surface area contributed by atoms with Crippen LogP contribution in [0.2, 0.25) is 0 Å². The van der Waals surface area contributed by atoms with Gasteiger partial charge >= 0.3 is 13.8 Å². The summed E-state index contributed by atoms with van der Waals surface area (Å²) in [5.41, 5.74) is 0. The zero-order chi connectivity index (χ0) is 63.5. The molecule has 0 aliphatic rings. The van der Waals surface area contributed by atoms with Crippen molar-refractivity contribution in [3.63, 3.8) is 0 Å². The first-order valence-electron chi connectivity index (χ1n) is 35.5. The van der Waals surface area contributed by atoms with Gasteiger partial charge < -0.3 is 19.4 Å². The first-order valence-corrected chi connectivity index (χ1v) is 37.0. The van der Waals surface area contributed by atoms with Crippen LogP contribution < -0.4 is 5.32 Å². The van der Waals surface area contributed by atoms with E-state index < -0.39 is 20.0 Å². The second-order valence-corrected chi connectivity index (χ2v) is 26.1. The van der Waals surface area contributed by atoms with Crippen LogP contribution in [0.4, 0.5) is 0 Å². The number of allylic oxidation sites excluding steroid dienone is 21. The highest BCUT2D eigenvalue weighted by molar-refractivity contribution is 7.47. The van der Waals surface area contributed by atoms with E-state index in [1.807, 2.05) is 33.3 Å². The maximum absolute atomic E-state index is 13.6. The van der Waals surface area contributed by atoms with E-state index in [4.69, 9.17) is 13.8 Å². The van der Waals surface area contributed by atoms with Gasteiger partial charge in [-0.3, -0.25) is 18.6 Å². The Hall–Kier alpha value is -3.85. The maximum Gasteiger partial charge on any atom is 0.472 e. The van der Waals surface area contributed by atoms with E-state index in [0.29, 0.717) is 17.4 Å². The number of amides is 1. The lowest BCUT2D eigenvalue weighted by molar-refractivity contribution is -0.870. The molecule has 3 atom stereocenters. The molecule has 0 saturated carbocycles. The van der Waals surface area contributed by atoms with Crippen molar-refractivity contribution in [2.45, 2.75) is 303 Å². The molecule has 2 N–H and O–H groups in total. The molecule has 0 aliphatic heterocycles. The number of likely N-dealkylation sites (N-methyl/N-ethyl adjacent to an activating group) is 1. The zero-order valence-electron chi connectivity index (χ0n) is 57.0. The van der Waals surface area contributed by atoms with Gasteiger partial charge in [-0.25, -0.2) is 4.57 Å². The molecule has 0 aromatic carbocycles. The van der Waals surface area contributed by atoms with Crippen molar-refractivity contribution >= 4 is 19.7 Å². The molecule has 0 radical (unpaired) electrons. The molecule has 9 nitrogen and oxygen atoms in total. The van der Waals surface area contributed by atoms with Crippen LogP contribution in [0.3, 0.4) is 0 Å². The molecular formula is C77H134N2O7P+. The van der Waals surface area contributed by atoms with Crippen LogP contribution in [-0.4, -0.2) is 74.3 Å². The molecule has 0 aromatic heterocycles. The molecule has 10 heteroatoms. The van der Waals surface area contributed by atoms with Crippen molar-refractivity contribution < 1.29 is 37.3 Å². The van der Waals surface area contributed by atoms with Crippen LogP contribution in [0, 0.1) is 0 Å². The van der Waals surface area contributed by atoms with E-state index in [-0.39, 0.29) is 31.5 Å². The topological polar surface area (TPSA) is 111 Å². The third-order valence-corrected chi connectivity index (χ3v) is 16.1. The summed E-state index contributed by atoms with van der Waals surface area (Å²) < 4.78 is 30.8. The van der Waals surface area contributed by atoms with Crippen molar-refractivity contribution in [2.24, 2.45) is 0 Å². The van der Waals surface area contributed by atoms with Gasteiger partial charge in [0.25, 0.3) is 0 Å². The number of phosphoric acid groups is 1. The van der Waals surface area contributed by atoms with Gasteiger partial charge in [0.05, 0.1) is 33.8 Å². The summed E-state index contributed by atoms with van der Waals surface area (Å²) in [6.07, 6.45) is 93.1. The average molecular weight is 1230 g/mol. The Morgan fingerprint density at radius 3 is 1.13 bits per heavy atom. The number of carbonyl (C=O) groups excluding carboxylic acids is 2. The van der Waals surface area contributed by atoms with Gasteiger partial charge in [-0.05, 0) is 128 Å². The number of hydrogen-bond donors (Lipinski definition) is 2. The van der Waals surface area contributed by atoms with Crippen molar-refractivity contribution in [1.29, 1.82) is 0 Å². The SMILES string of the molecule is CC/C=C\C/C=C\C/C=C\C/C=C\C/C=C\C/C=C\CCCCCCCCCCC(=O)OC(/C=C\CCCCCCCCCCCCC)C(COP(=O)(O)OCC[N+](C)(C)C)NC(=O)CCCCCCC/C=C\C/C=C\C/C=C\C/C=C\CCCCC. The Bertz CT molecular complexity index is 1950. The second-order valence-electron chi connectivity index (χ2n) is 24.7. The predicted octanol–water partition coefficient (Wildman–Crippen LogP) is 22.8. The monoisotopic (exact) mass is 1230 g/mol. The standard InChI is InChI=1S/C77H133N2O7P/c1-7-10-13-16-19-22-25-28-30-32-34-36-37-38-39-40-41-43-45-47-49-52-55-58-61-64-67-70-77(81)86-75(68-65-62-59-56-53-50-27-24-21-18-15-12-9-3)74(73-85-87(82,83)84-72-71-79(4,5)6)78-76(80)69-66-63-60-57-54-51-48-46-44-42-35-33-31-29-26-23-20-17-14-11-8-2/h10,13,19-20,22-23,28-31,34-36,38-39,41-43,46,48,65,68,74-75H,7-9,11-12,14-18,21,24-27,32-33,37,40,44-45,47,49-64,66-67,69-73H2,1-6H3,(H-,78,80,82,83)/p+1/b13-10-,22-19-,23-20-,30-28-,31-29-,36-34-,39-38-,42-35-,43-41-,48-46-,68-65-. The minimum Gasteiger partial charge on any atom is -0.456 e. The van der Waals surface area contributed by atoms with Gasteiger partial charge in [-0.1, -0.05) is 283 Å². The number of quaternary nitrogens is 1. The van der Waals surface area contributed by atoms with E-state index in [1.165, 1.54) is 109 Å². The van der Waals surface area contributed by atoms with Crippen molar-refractivity contribution in [3.8, 4) is 0 Å². The fourth-order valence-electron chi connectivity index (χ4n) is 9.63. The molecule has 498 valence electrons. The number of rotatable bonds is 63. The summed E-state index contributed by atoms with van der Waals surface area (Å²) in [4.78, 5) is 37.9. The van der Waals surface area contributed by atoms with Crippen LogP contribution in [-0.2, 0) is 27.9 Å². The quantitative estimate of drug-likeness (QED) is 0.0205. The first kappa shape index (κ1) is 83.2. The normalized spacial score (nSPS) is 14.3. The fraction of sp³-hybridized carbons (Fsp3) is 0.688. The predicted molar refractivity (Wildman–Crippen MR) is 378 cm³/mol. The number of ether oxygens (including phenoxy) is 1. The Labute approximate surface area is 536 Å². The summed E-state index contributed by atoms with van der Waals surface area (Å²) in [7, 11) is 1.46. The number of esters is 1.